The molecule has 1 aliphatic rings. The number of hydrogen-bond donors (Lipinski definition) is 0. The maximum Gasteiger partial charge on any atom is 0.107 e. The summed E-state index contributed by atoms with van der Waals surface area (Å²) in [4.78, 5) is 9.09. The van der Waals surface area contributed by atoms with Crippen molar-refractivity contribution in [2.45, 2.75) is 25.8 Å². The zero-order valence-electron chi connectivity index (χ0n) is 17.1. The van der Waals surface area contributed by atoms with Gasteiger partial charge in [-0.2, -0.15) is 10.2 Å². The average molecular weight is 428 g/mol. The van der Waals surface area contributed by atoms with Crippen molar-refractivity contribution in [1.29, 1.82) is 0 Å². The minimum absolute atomic E-state index is 0.707. The summed E-state index contributed by atoms with van der Waals surface area (Å²) in [5, 5.41) is 11.9. The van der Waals surface area contributed by atoms with E-state index < -0.39 is 0 Å². The van der Waals surface area contributed by atoms with Crippen molar-refractivity contribution in [3.63, 3.8) is 0 Å². The number of pyridine rings is 1. The number of aryl methyl sites for hydroxylation is 2. The Hall–Kier alpha value is -3.31. The van der Waals surface area contributed by atoms with Gasteiger partial charge in [0.05, 0.1) is 18.6 Å². The molecule has 154 valence electrons. The molecule has 0 atom stereocenters. The molecule has 31 heavy (non-hydrogen) atoms. The topological polar surface area (TPSA) is 55.4 Å². The van der Waals surface area contributed by atoms with E-state index in [0.717, 1.165) is 53.5 Å². The van der Waals surface area contributed by atoms with Crippen molar-refractivity contribution in [3.05, 3.63) is 89.5 Å². The fourth-order valence-electron chi connectivity index (χ4n) is 3.91. The second kappa shape index (κ2) is 8.82. The minimum Gasteiger partial charge on any atom is -0.336 e. The lowest BCUT2D eigenvalue weighted by Gasteiger charge is -2.07. The Bertz CT molecular complexity index is 1280. The second-order valence-electron chi connectivity index (χ2n) is 7.64. The molecule has 0 spiro atoms. The van der Waals surface area contributed by atoms with Crippen LogP contribution < -0.4 is 0 Å². The van der Waals surface area contributed by atoms with Crippen LogP contribution in [0.2, 0.25) is 0 Å². The predicted molar refractivity (Wildman–Crippen MR) is 125 cm³/mol. The van der Waals surface area contributed by atoms with Gasteiger partial charge in [-0.3, -0.25) is 4.98 Å². The highest BCUT2D eigenvalue weighted by atomic mass is 35.5. The predicted octanol–water partition coefficient (Wildman–Crippen LogP) is 6.49. The number of azo groups is 1. The first kappa shape index (κ1) is 19.6. The quantitative estimate of drug-likeness (QED) is 0.365. The number of imidazole rings is 1. The molecule has 5 rings (SSSR count). The van der Waals surface area contributed by atoms with E-state index in [1.165, 1.54) is 16.3 Å². The van der Waals surface area contributed by atoms with Crippen molar-refractivity contribution < 1.29 is 0 Å². The third-order valence-corrected chi connectivity index (χ3v) is 5.90. The smallest absolute Gasteiger partial charge is 0.107 e. The van der Waals surface area contributed by atoms with Gasteiger partial charge in [-0.1, -0.05) is 54.1 Å². The molecule has 0 amide bonds. The van der Waals surface area contributed by atoms with Gasteiger partial charge in [0.2, 0.25) is 0 Å². The number of aromatic nitrogens is 3. The molecular weight excluding hydrogens is 406 g/mol. The summed E-state index contributed by atoms with van der Waals surface area (Å²) >= 11 is 6.45. The first-order chi connectivity index (χ1) is 15.3. The summed E-state index contributed by atoms with van der Waals surface area (Å²) in [7, 11) is 0. The Balaban J connectivity index is 1.36. The van der Waals surface area contributed by atoms with Gasteiger partial charge in [-0.15, -0.1) is 0 Å². The maximum absolute atomic E-state index is 6.45. The Kier molecular flexibility index (Phi) is 5.59. The number of hydrogen-bond acceptors (Lipinski definition) is 4. The third-order valence-electron chi connectivity index (χ3n) is 5.53. The zero-order valence-corrected chi connectivity index (χ0v) is 17.8. The van der Waals surface area contributed by atoms with Crippen LogP contribution in [-0.2, 0) is 13.0 Å². The van der Waals surface area contributed by atoms with Gasteiger partial charge in [-0.05, 0) is 47.7 Å². The van der Waals surface area contributed by atoms with Crippen LogP contribution in [0, 0.1) is 0 Å². The van der Waals surface area contributed by atoms with Gasteiger partial charge >= 0.3 is 0 Å². The van der Waals surface area contributed by atoms with Crippen LogP contribution in [0.5, 0.6) is 0 Å². The standard InChI is InChI=1S/C25H22ClN5/c26-22-9-4-12-29-30-25(22)20-10-13-27-23(15-20)24-16-31(17-28-24)14-11-19-7-3-6-18-5-1-2-8-21(18)19/h1-3,5-8,10,13,15-17H,4,9,11-12,14H2. The first-order valence-corrected chi connectivity index (χ1v) is 10.9. The molecular formula is C25H22ClN5. The normalized spacial score (nSPS) is 14.2. The lowest BCUT2D eigenvalue weighted by molar-refractivity contribution is 0.698. The number of fused-ring (bicyclic) bond motifs is 1. The largest absolute Gasteiger partial charge is 0.336 e. The summed E-state index contributed by atoms with van der Waals surface area (Å²) < 4.78 is 2.11. The van der Waals surface area contributed by atoms with Crippen molar-refractivity contribution in [2.24, 2.45) is 10.2 Å². The van der Waals surface area contributed by atoms with E-state index in [4.69, 9.17) is 11.6 Å². The van der Waals surface area contributed by atoms with Gasteiger partial charge in [-0.25, -0.2) is 4.98 Å². The number of benzene rings is 2. The summed E-state index contributed by atoms with van der Waals surface area (Å²) in [5.41, 5.74) is 4.64. The molecule has 0 N–H and O–H groups in total. The molecule has 0 unspecified atom stereocenters. The van der Waals surface area contributed by atoms with Crippen molar-refractivity contribution in [1.82, 2.24) is 14.5 Å². The van der Waals surface area contributed by atoms with Crippen molar-refractivity contribution in [2.75, 3.05) is 6.54 Å². The third kappa shape index (κ3) is 4.28. The minimum atomic E-state index is 0.707. The molecule has 0 saturated carbocycles. The molecule has 0 radical (unpaired) electrons. The Morgan fingerprint density at radius 3 is 2.84 bits per heavy atom. The van der Waals surface area contributed by atoms with E-state index in [0.29, 0.717) is 6.54 Å². The molecule has 6 heteroatoms. The highest BCUT2D eigenvalue weighted by Crippen LogP contribution is 2.30. The van der Waals surface area contributed by atoms with E-state index in [1.54, 1.807) is 6.20 Å². The van der Waals surface area contributed by atoms with Crippen LogP contribution in [-0.4, -0.2) is 21.1 Å². The van der Waals surface area contributed by atoms with E-state index in [9.17, 15) is 0 Å². The summed E-state index contributed by atoms with van der Waals surface area (Å²) in [6, 6.07) is 18.9. The molecule has 4 aromatic rings. The van der Waals surface area contributed by atoms with E-state index in [2.05, 4.69) is 67.2 Å². The van der Waals surface area contributed by atoms with Crippen molar-refractivity contribution in [3.8, 4) is 11.4 Å². The highest BCUT2D eigenvalue weighted by molar-refractivity contribution is 6.32. The number of nitrogens with zero attached hydrogens (tertiary/aromatic N) is 5. The number of allylic oxidation sites excluding steroid dienone is 1. The van der Waals surface area contributed by atoms with E-state index in [1.807, 2.05) is 24.7 Å². The lowest BCUT2D eigenvalue weighted by Crippen LogP contribution is -1.99. The van der Waals surface area contributed by atoms with Crippen LogP contribution in [0.15, 0.2) is 88.6 Å². The number of halogens is 1. The SMILES string of the molecule is ClC1=C(c2ccnc(-c3cn(CCc4cccc5ccccc45)cn3)c2)N=NCCC1. The highest BCUT2D eigenvalue weighted by Gasteiger charge is 2.13. The molecule has 0 saturated heterocycles. The lowest BCUT2D eigenvalue weighted by atomic mass is 10.0. The summed E-state index contributed by atoms with van der Waals surface area (Å²) in [5.74, 6) is 0. The molecule has 5 nitrogen and oxygen atoms in total. The Morgan fingerprint density at radius 2 is 1.87 bits per heavy atom. The fraction of sp³-hybridized carbons (Fsp3) is 0.200. The summed E-state index contributed by atoms with van der Waals surface area (Å²) in [6.07, 6.45) is 8.34. The van der Waals surface area contributed by atoms with Crippen LogP contribution in [0.4, 0.5) is 0 Å². The zero-order chi connectivity index (χ0) is 21.0. The van der Waals surface area contributed by atoms with Crippen LogP contribution >= 0.6 is 11.6 Å². The fourth-order valence-corrected chi connectivity index (χ4v) is 4.19. The van der Waals surface area contributed by atoms with E-state index in [-0.39, 0.29) is 0 Å². The van der Waals surface area contributed by atoms with Crippen molar-refractivity contribution >= 4 is 28.1 Å². The first-order valence-electron chi connectivity index (χ1n) is 10.5. The number of rotatable bonds is 5. The monoisotopic (exact) mass is 427 g/mol. The molecule has 0 fully saturated rings. The van der Waals surface area contributed by atoms with E-state index >= 15 is 0 Å². The Morgan fingerprint density at radius 1 is 0.968 bits per heavy atom. The molecule has 1 aliphatic heterocycles. The van der Waals surface area contributed by atoms with Crippen LogP contribution in [0.3, 0.4) is 0 Å². The van der Waals surface area contributed by atoms with Gasteiger partial charge in [0.25, 0.3) is 0 Å². The Labute approximate surface area is 186 Å². The average Bonchev–Trinajstić information content (AvgIpc) is 3.18. The maximum atomic E-state index is 6.45. The van der Waals surface area contributed by atoms with Gasteiger partial charge in [0.15, 0.2) is 0 Å². The van der Waals surface area contributed by atoms with Crippen LogP contribution in [0.1, 0.15) is 24.0 Å². The van der Waals surface area contributed by atoms with Crippen LogP contribution in [0.25, 0.3) is 27.9 Å². The molecule has 3 heterocycles. The summed E-state index contributed by atoms with van der Waals surface area (Å²) in [6.45, 7) is 1.56. The van der Waals surface area contributed by atoms with Gasteiger partial charge < -0.3 is 4.57 Å². The molecule has 2 aromatic carbocycles. The molecule has 0 aliphatic carbocycles. The second-order valence-corrected chi connectivity index (χ2v) is 8.09. The molecule has 2 aromatic heterocycles. The van der Waals surface area contributed by atoms with Gasteiger partial charge in [0.1, 0.15) is 11.4 Å². The van der Waals surface area contributed by atoms with Gasteiger partial charge in [0, 0.05) is 29.5 Å². The molecule has 0 bridgehead atoms.